The molecule has 7 heteroatoms. The fourth-order valence-electron chi connectivity index (χ4n) is 1.92. The van der Waals surface area contributed by atoms with Crippen molar-refractivity contribution in [2.45, 2.75) is 38.9 Å². The molecule has 1 saturated heterocycles. The second kappa shape index (κ2) is 6.13. The average molecular weight is 346 g/mol. The maximum absolute atomic E-state index is 6.10. The summed E-state index contributed by atoms with van der Waals surface area (Å²) in [7, 11) is -0.456. The minimum Gasteiger partial charge on any atom is -0.400 e. The van der Waals surface area contributed by atoms with Crippen LogP contribution in [0.4, 0.5) is 0 Å². The van der Waals surface area contributed by atoms with Crippen LogP contribution in [0.2, 0.25) is 10.2 Å². The van der Waals surface area contributed by atoms with Crippen molar-refractivity contribution in [3.63, 3.8) is 0 Å². The maximum atomic E-state index is 6.10. The standard InChI is InChI=1S/C14H18BCl2NO2S/c1-13(2)14(3,4)20-15(19-13)10(8-21)5-9-6-11(16)7-18-12(9)17/h5-7,21H,8H2,1-4H3. The number of nitrogens with zero attached hydrogens (tertiary/aromatic N) is 1. The zero-order valence-corrected chi connectivity index (χ0v) is 14.9. The third kappa shape index (κ3) is 3.59. The van der Waals surface area contributed by atoms with Gasteiger partial charge in [-0.2, -0.15) is 12.6 Å². The van der Waals surface area contributed by atoms with E-state index in [9.17, 15) is 0 Å². The predicted molar refractivity (Wildman–Crippen MR) is 92.2 cm³/mol. The van der Waals surface area contributed by atoms with Gasteiger partial charge >= 0.3 is 7.12 Å². The molecular weight excluding hydrogens is 328 g/mol. The molecule has 1 fully saturated rings. The first-order valence-electron chi connectivity index (χ1n) is 6.64. The summed E-state index contributed by atoms with van der Waals surface area (Å²) in [4.78, 5) is 4.03. The van der Waals surface area contributed by atoms with Crippen molar-refractivity contribution in [2.75, 3.05) is 5.75 Å². The SMILES string of the molecule is CC1(C)OB(C(=Cc2cc(Cl)cnc2Cl)CS)OC1(C)C. The Morgan fingerprint density at radius 3 is 2.38 bits per heavy atom. The highest BCUT2D eigenvalue weighted by Gasteiger charge is 2.52. The van der Waals surface area contributed by atoms with Gasteiger partial charge < -0.3 is 9.31 Å². The van der Waals surface area contributed by atoms with E-state index in [1.807, 2.05) is 33.8 Å². The van der Waals surface area contributed by atoms with E-state index in [1.165, 1.54) is 6.20 Å². The summed E-state index contributed by atoms with van der Waals surface area (Å²) in [5, 5.41) is 0.910. The van der Waals surface area contributed by atoms with E-state index < -0.39 is 18.3 Å². The summed E-state index contributed by atoms with van der Waals surface area (Å²) >= 11 is 16.4. The van der Waals surface area contributed by atoms with E-state index in [1.54, 1.807) is 6.07 Å². The Morgan fingerprint density at radius 2 is 1.86 bits per heavy atom. The summed E-state index contributed by atoms with van der Waals surface area (Å²) in [5.41, 5.74) is 0.817. The number of rotatable bonds is 3. The molecule has 3 nitrogen and oxygen atoms in total. The Bertz CT molecular complexity index is 562. The molecule has 0 radical (unpaired) electrons. The molecule has 0 unspecified atom stereocenters. The van der Waals surface area contributed by atoms with Crippen molar-refractivity contribution in [1.29, 1.82) is 0 Å². The van der Waals surface area contributed by atoms with Crippen LogP contribution in [0.15, 0.2) is 17.7 Å². The van der Waals surface area contributed by atoms with E-state index in [0.29, 0.717) is 15.9 Å². The summed E-state index contributed by atoms with van der Waals surface area (Å²) in [6.07, 6.45) is 3.38. The highest BCUT2D eigenvalue weighted by atomic mass is 35.5. The first-order chi connectivity index (χ1) is 9.66. The van der Waals surface area contributed by atoms with Gasteiger partial charge in [-0.25, -0.2) is 4.98 Å². The predicted octanol–water partition coefficient (Wildman–Crippen LogP) is 4.33. The van der Waals surface area contributed by atoms with Gasteiger partial charge in [0.05, 0.1) is 16.2 Å². The Labute approximate surface area is 141 Å². The minimum absolute atomic E-state index is 0.384. The van der Waals surface area contributed by atoms with Gasteiger partial charge in [0.25, 0.3) is 0 Å². The summed E-state index contributed by atoms with van der Waals surface area (Å²) in [6, 6.07) is 1.76. The van der Waals surface area contributed by atoms with Crippen molar-refractivity contribution in [2.24, 2.45) is 0 Å². The van der Waals surface area contributed by atoms with Gasteiger partial charge in [0.1, 0.15) is 5.15 Å². The largest absolute Gasteiger partial charge is 0.491 e. The summed E-state index contributed by atoms with van der Waals surface area (Å²) in [5.74, 6) is 0.486. The monoisotopic (exact) mass is 345 g/mol. The second-order valence-corrected chi connectivity index (χ2v) is 7.11. The molecule has 0 aliphatic carbocycles. The minimum atomic E-state index is -0.456. The van der Waals surface area contributed by atoms with Crippen molar-refractivity contribution in [1.82, 2.24) is 4.98 Å². The fraction of sp³-hybridized carbons (Fsp3) is 0.500. The highest BCUT2D eigenvalue weighted by Crippen LogP contribution is 2.39. The molecule has 0 saturated carbocycles. The topological polar surface area (TPSA) is 31.4 Å². The number of thiol groups is 1. The van der Waals surface area contributed by atoms with Crippen LogP contribution in [0, 0.1) is 0 Å². The molecule has 2 rings (SSSR count). The second-order valence-electron chi connectivity index (χ2n) is 6.00. The Kier molecular flexibility index (Phi) is 5.01. The maximum Gasteiger partial charge on any atom is 0.491 e. The van der Waals surface area contributed by atoms with Gasteiger partial charge in [-0.3, -0.25) is 0 Å². The highest BCUT2D eigenvalue weighted by molar-refractivity contribution is 7.80. The Hall–Kier alpha value is -0.195. The lowest BCUT2D eigenvalue weighted by Crippen LogP contribution is -2.41. The van der Waals surface area contributed by atoms with Crippen LogP contribution in [-0.4, -0.2) is 29.1 Å². The smallest absolute Gasteiger partial charge is 0.400 e. The molecule has 1 aliphatic heterocycles. The summed E-state index contributed by atoms with van der Waals surface area (Å²) in [6.45, 7) is 8.04. The van der Waals surface area contributed by atoms with Gasteiger partial charge in [0.15, 0.2) is 0 Å². The van der Waals surface area contributed by atoms with Crippen LogP contribution in [0.1, 0.15) is 33.3 Å². The molecule has 0 N–H and O–H groups in total. The van der Waals surface area contributed by atoms with Gasteiger partial charge in [0.2, 0.25) is 0 Å². The number of halogens is 2. The van der Waals surface area contributed by atoms with E-state index in [-0.39, 0.29) is 0 Å². The molecule has 0 amide bonds. The Balaban J connectivity index is 2.33. The van der Waals surface area contributed by atoms with Crippen molar-refractivity contribution < 1.29 is 9.31 Å². The number of hydrogen-bond donors (Lipinski definition) is 1. The molecule has 1 aliphatic rings. The number of pyridine rings is 1. The van der Waals surface area contributed by atoms with Gasteiger partial charge in [0, 0.05) is 17.5 Å². The molecule has 0 spiro atoms. The molecule has 0 atom stereocenters. The fourth-order valence-corrected chi connectivity index (χ4v) is 2.49. The van der Waals surface area contributed by atoms with Gasteiger partial charge in [-0.15, -0.1) is 0 Å². The van der Waals surface area contributed by atoms with E-state index >= 15 is 0 Å². The lowest BCUT2D eigenvalue weighted by Gasteiger charge is -2.32. The number of aromatic nitrogens is 1. The van der Waals surface area contributed by atoms with Crippen molar-refractivity contribution in [3.8, 4) is 0 Å². The van der Waals surface area contributed by atoms with Crippen molar-refractivity contribution >= 4 is 49.0 Å². The quantitative estimate of drug-likeness (QED) is 0.502. The zero-order valence-electron chi connectivity index (χ0n) is 12.5. The van der Waals surface area contributed by atoms with Gasteiger partial charge in [-0.05, 0) is 39.2 Å². The van der Waals surface area contributed by atoms with Crippen LogP contribution in [0.5, 0.6) is 0 Å². The van der Waals surface area contributed by atoms with Crippen LogP contribution < -0.4 is 0 Å². The van der Waals surface area contributed by atoms with E-state index in [2.05, 4.69) is 17.6 Å². The molecule has 1 aromatic heterocycles. The van der Waals surface area contributed by atoms with E-state index in [0.717, 1.165) is 11.0 Å². The molecule has 0 bridgehead atoms. The molecule has 0 aromatic carbocycles. The lowest BCUT2D eigenvalue weighted by molar-refractivity contribution is 0.00578. The van der Waals surface area contributed by atoms with Crippen LogP contribution in [-0.2, 0) is 9.31 Å². The third-order valence-corrected chi connectivity index (χ3v) is 4.80. The van der Waals surface area contributed by atoms with Crippen molar-refractivity contribution in [3.05, 3.63) is 33.5 Å². The molecule has 2 heterocycles. The van der Waals surface area contributed by atoms with Crippen LogP contribution in [0.25, 0.3) is 6.08 Å². The van der Waals surface area contributed by atoms with E-state index in [4.69, 9.17) is 32.5 Å². The first-order valence-corrected chi connectivity index (χ1v) is 8.03. The lowest BCUT2D eigenvalue weighted by atomic mass is 9.78. The molecule has 21 heavy (non-hydrogen) atoms. The summed E-state index contributed by atoms with van der Waals surface area (Å²) < 4.78 is 12.0. The molecular formula is C14H18BCl2NO2S. The van der Waals surface area contributed by atoms with Gasteiger partial charge in [-0.1, -0.05) is 29.3 Å². The van der Waals surface area contributed by atoms with Crippen LogP contribution >= 0.6 is 35.8 Å². The molecule has 114 valence electrons. The number of hydrogen-bond acceptors (Lipinski definition) is 4. The Morgan fingerprint density at radius 1 is 1.29 bits per heavy atom. The third-order valence-electron chi connectivity index (χ3n) is 3.91. The molecule has 1 aromatic rings. The normalized spacial score (nSPS) is 20.9. The zero-order chi connectivity index (χ0) is 15.8. The first kappa shape index (κ1) is 17.2. The van der Waals surface area contributed by atoms with Crippen LogP contribution in [0.3, 0.4) is 0 Å². The average Bonchev–Trinajstić information content (AvgIpc) is 2.59.